The summed E-state index contributed by atoms with van der Waals surface area (Å²) in [6.07, 6.45) is -0.525. The number of rotatable bonds is 5. The third-order valence-electron chi connectivity index (χ3n) is 4.31. The van der Waals surface area contributed by atoms with Gasteiger partial charge in [-0.1, -0.05) is 30.3 Å². The van der Waals surface area contributed by atoms with Crippen LogP contribution in [0.1, 0.15) is 28.9 Å². The summed E-state index contributed by atoms with van der Waals surface area (Å²) in [5.41, 5.74) is 0.778. The number of halogens is 1. The predicted octanol–water partition coefficient (Wildman–Crippen LogP) is 2.76. The normalized spacial score (nSPS) is 16.7. The molecular weight excluding hydrogens is 373 g/mol. The van der Waals surface area contributed by atoms with E-state index in [1.807, 2.05) is 30.3 Å². The zero-order valence-corrected chi connectivity index (χ0v) is 15.6. The fourth-order valence-corrected chi connectivity index (χ4v) is 4.27. The molecule has 144 valence electrons. The Kier molecular flexibility index (Phi) is 5.88. The highest BCUT2D eigenvalue weighted by atomic mass is 32.2. The smallest absolute Gasteiger partial charge is 0.338 e. The number of hydrogen-bond acceptors (Lipinski definition) is 5. The minimum atomic E-state index is -4.06. The molecule has 0 spiro atoms. The molecule has 6 nitrogen and oxygen atoms in total. The number of esters is 1. The lowest BCUT2D eigenvalue weighted by Crippen LogP contribution is -2.41. The molecule has 2 aromatic carbocycles. The molecule has 0 bridgehead atoms. The Bertz CT molecular complexity index is 911. The van der Waals surface area contributed by atoms with Crippen molar-refractivity contribution in [1.82, 2.24) is 4.31 Å². The minimum absolute atomic E-state index is 0.0222. The third-order valence-corrected chi connectivity index (χ3v) is 6.22. The van der Waals surface area contributed by atoms with Crippen LogP contribution < -0.4 is 0 Å². The lowest BCUT2D eigenvalue weighted by Gasteiger charge is -2.26. The van der Waals surface area contributed by atoms with Crippen LogP contribution in [-0.2, 0) is 19.5 Å². The van der Waals surface area contributed by atoms with Crippen LogP contribution in [0.25, 0.3) is 0 Å². The lowest BCUT2D eigenvalue weighted by molar-refractivity contribution is 0.0337. The van der Waals surface area contributed by atoms with Crippen LogP contribution in [0.4, 0.5) is 4.39 Å². The van der Waals surface area contributed by atoms with E-state index in [1.165, 1.54) is 6.07 Å². The maximum Gasteiger partial charge on any atom is 0.338 e. The average molecular weight is 393 g/mol. The molecule has 3 rings (SSSR count). The first-order valence-corrected chi connectivity index (χ1v) is 9.97. The van der Waals surface area contributed by atoms with Crippen LogP contribution in [0.15, 0.2) is 53.4 Å². The van der Waals surface area contributed by atoms with Gasteiger partial charge in [0.05, 0.1) is 18.8 Å². The van der Waals surface area contributed by atoms with Gasteiger partial charge in [-0.15, -0.1) is 0 Å². The summed E-state index contributed by atoms with van der Waals surface area (Å²) in [6, 6.07) is 12.3. The van der Waals surface area contributed by atoms with Gasteiger partial charge in [-0.25, -0.2) is 17.6 Å². The Morgan fingerprint density at radius 1 is 1.15 bits per heavy atom. The van der Waals surface area contributed by atoms with Gasteiger partial charge in [0.15, 0.2) is 0 Å². The summed E-state index contributed by atoms with van der Waals surface area (Å²) in [5.74, 6) is -1.63. The van der Waals surface area contributed by atoms with Crippen molar-refractivity contribution in [2.75, 3.05) is 26.3 Å². The van der Waals surface area contributed by atoms with Crippen molar-refractivity contribution < 1.29 is 27.1 Å². The van der Waals surface area contributed by atoms with Crippen molar-refractivity contribution in [3.05, 3.63) is 65.5 Å². The van der Waals surface area contributed by atoms with Gasteiger partial charge in [0.1, 0.15) is 16.8 Å². The van der Waals surface area contributed by atoms with E-state index in [4.69, 9.17) is 9.47 Å². The van der Waals surface area contributed by atoms with Crippen molar-refractivity contribution in [3.63, 3.8) is 0 Å². The van der Waals surface area contributed by atoms with Crippen molar-refractivity contribution >= 4 is 16.0 Å². The van der Waals surface area contributed by atoms with E-state index in [0.29, 0.717) is 0 Å². The molecule has 27 heavy (non-hydrogen) atoms. The second-order valence-corrected chi connectivity index (χ2v) is 8.03. The molecular formula is C19H20FNO5S. The minimum Gasteiger partial charge on any atom is -0.454 e. The second-order valence-electron chi connectivity index (χ2n) is 6.12. The highest BCUT2D eigenvalue weighted by Crippen LogP contribution is 2.24. The number of hydrogen-bond donors (Lipinski definition) is 0. The molecule has 1 aliphatic heterocycles. The third kappa shape index (κ3) is 4.35. The van der Waals surface area contributed by atoms with Crippen molar-refractivity contribution in [1.29, 1.82) is 0 Å². The second kappa shape index (κ2) is 8.16. The predicted molar refractivity (Wildman–Crippen MR) is 96.3 cm³/mol. The van der Waals surface area contributed by atoms with Crippen molar-refractivity contribution in [2.45, 2.75) is 17.9 Å². The number of carbonyl (C=O) groups is 1. The average Bonchev–Trinajstić information content (AvgIpc) is 2.69. The van der Waals surface area contributed by atoms with Gasteiger partial charge >= 0.3 is 5.97 Å². The Labute approximate surface area is 157 Å². The van der Waals surface area contributed by atoms with Gasteiger partial charge < -0.3 is 9.47 Å². The molecule has 2 aromatic rings. The van der Waals surface area contributed by atoms with Crippen LogP contribution in [0.3, 0.4) is 0 Å². The largest absolute Gasteiger partial charge is 0.454 e. The van der Waals surface area contributed by atoms with E-state index in [1.54, 1.807) is 6.92 Å². The fourth-order valence-electron chi connectivity index (χ4n) is 2.77. The van der Waals surface area contributed by atoms with E-state index in [2.05, 4.69) is 0 Å². The summed E-state index contributed by atoms with van der Waals surface area (Å²) in [6.45, 7) is 2.49. The Hall–Kier alpha value is -2.29. The van der Waals surface area contributed by atoms with Crippen LogP contribution in [0.5, 0.6) is 0 Å². The Balaban J connectivity index is 1.83. The van der Waals surface area contributed by atoms with Gasteiger partial charge in [-0.2, -0.15) is 4.31 Å². The van der Waals surface area contributed by atoms with Gasteiger partial charge in [0.2, 0.25) is 10.0 Å². The molecule has 1 heterocycles. The molecule has 0 saturated carbocycles. The van der Waals surface area contributed by atoms with E-state index in [-0.39, 0.29) is 31.9 Å². The molecule has 1 aliphatic rings. The molecule has 0 aliphatic carbocycles. The first kappa shape index (κ1) is 19.5. The molecule has 0 radical (unpaired) electrons. The number of morpholine rings is 1. The van der Waals surface area contributed by atoms with Crippen LogP contribution >= 0.6 is 0 Å². The first-order chi connectivity index (χ1) is 12.9. The quantitative estimate of drug-likeness (QED) is 0.731. The number of ether oxygens (including phenoxy) is 2. The summed E-state index contributed by atoms with van der Waals surface area (Å²) < 4.78 is 51.3. The molecule has 0 unspecified atom stereocenters. The highest BCUT2D eigenvalue weighted by molar-refractivity contribution is 7.89. The molecule has 1 saturated heterocycles. The maximum absolute atomic E-state index is 14.2. The summed E-state index contributed by atoms with van der Waals surface area (Å²) in [7, 11) is -4.06. The zero-order valence-electron chi connectivity index (χ0n) is 14.8. The first-order valence-electron chi connectivity index (χ1n) is 8.53. The number of benzene rings is 2. The van der Waals surface area contributed by atoms with E-state index in [0.717, 1.165) is 22.0 Å². The Morgan fingerprint density at radius 3 is 2.48 bits per heavy atom. The van der Waals surface area contributed by atoms with Gasteiger partial charge in [-0.3, -0.25) is 0 Å². The van der Waals surface area contributed by atoms with Crippen LogP contribution in [-0.4, -0.2) is 45.0 Å². The van der Waals surface area contributed by atoms with Crippen molar-refractivity contribution in [3.8, 4) is 0 Å². The summed E-state index contributed by atoms with van der Waals surface area (Å²) >= 11 is 0. The molecule has 8 heteroatoms. The van der Waals surface area contributed by atoms with Gasteiger partial charge in [0.25, 0.3) is 0 Å². The number of sulfonamides is 1. The summed E-state index contributed by atoms with van der Waals surface area (Å²) in [4.78, 5) is 11.9. The number of nitrogens with zero attached hydrogens (tertiary/aromatic N) is 1. The van der Waals surface area contributed by atoms with Gasteiger partial charge in [-0.05, 0) is 30.7 Å². The molecule has 1 atom stereocenters. The fraction of sp³-hybridized carbons (Fsp3) is 0.316. The monoisotopic (exact) mass is 393 g/mol. The van der Waals surface area contributed by atoms with Crippen LogP contribution in [0.2, 0.25) is 0 Å². The maximum atomic E-state index is 14.2. The summed E-state index contributed by atoms with van der Waals surface area (Å²) in [5, 5.41) is 0. The highest BCUT2D eigenvalue weighted by Gasteiger charge is 2.30. The SMILES string of the molecule is C[C@@H](OC(=O)c1ccc(F)c(S(=O)(=O)N2CCOCC2)c1)c1ccccc1. The van der Waals surface area contributed by atoms with E-state index in [9.17, 15) is 17.6 Å². The molecule has 0 amide bonds. The Morgan fingerprint density at radius 2 is 1.81 bits per heavy atom. The standard InChI is InChI=1S/C19H20FNO5S/c1-14(15-5-3-2-4-6-15)26-19(22)16-7-8-17(20)18(13-16)27(23,24)21-9-11-25-12-10-21/h2-8,13-14H,9-12H2,1H3/t14-/m1/s1. The molecule has 0 aromatic heterocycles. The zero-order chi connectivity index (χ0) is 19.4. The van der Waals surface area contributed by atoms with Crippen molar-refractivity contribution in [2.24, 2.45) is 0 Å². The molecule has 0 N–H and O–H groups in total. The number of carbonyl (C=O) groups excluding carboxylic acids is 1. The van der Waals surface area contributed by atoms with Crippen LogP contribution in [0, 0.1) is 5.82 Å². The van der Waals surface area contributed by atoms with E-state index < -0.39 is 32.8 Å². The van der Waals surface area contributed by atoms with Gasteiger partial charge in [0, 0.05) is 13.1 Å². The lowest BCUT2D eigenvalue weighted by atomic mass is 10.1. The topological polar surface area (TPSA) is 72.9 Å². The van der Waals surface area contributed by atoms with E-state index >= 15 is 0 Å². The molecule has 1 fully saturated rings.